The minimum absolute atomic E-state index is 0.330. The SMILES string of the molecule is CCOc1ccc(-c2nc3n(n2)C(c2cc(OC)c(OC)cc2OC)C(C(=O)Nc2cccnc2)=C(C)N3)cc1. The molecule has 40 heavy (non-hydrogen) atoms. The van der Waals surface area contributed by atoms with Gasteiger partial charge in [0.25, 0.3) is 5.91 Å². The minimum atomic E-state index is -0.716. The van der Waals surface area contributed by atoms with Gasteiger partial charge in [0, 0.05) is 29.1 Å². The van der Waals surface area contributed by atoms with Gasteiger partial charge in [0.05, 0.1) is 45.4 Å². The van der Waals surface area contributed by atoms with Crippen LogP contribution in [0.15, 0.2) is 72.2 Å². The second kappa shape index (κ2) is 11.4. The fraction of sp³-hybridized carbons (Fsp3) is 0.241. The van der Waals surface area contributed by atoms with Crippen LogP contribution in [0.25, 0.3) is 11.4 Å². The fourth-order valence-electron chi connectivity index (χ4n) is 4.62. The summed E-state index contributed by atoms with van der Waals surface area (Å²) < 4.78 is 24.1. The quantitative estimate of drug-likeness (QED) is 0.310. The third kappa shape index (κ3) is 5.00. The van der Waals surface area contributed by atoms with E-state index in [0.29, 0.717) is 58.1 Å². The lowest BCUT2D eigenvalue weighted by Gasteiger charge is -2.30. The molecule has 1 aliphatic rings. The van der Waals surface area contributed by atoms with Crippen molar-refractivity contribution in [1.29, 1.82) is 0 Å². The zero-order valence-electron chi connectivity index (χ0n) is 22.9. The molecule has 0 bridgehead atoms. The number of anilines is 2. The highest BCUT2D eigenvalue weighted by Crippen LogP contribution is 2.44. The maximum absolute atomic E-state index is 13.8. The number of fused-ring (bicyclic) bond motifs is 1. The van der Waals surface area contributed by atoms with E-state index < -0.39 is 6.04 Å². The molecule has 1 amide bonds. The van der Waals surface area contributed by atoms with Crippen molar-refractivity contribution in [3.8, 4) is 34.4 Å². The van der Waals surface area contributed by atoms with Crippen LogP contribution in [-0.4, -0.2) is 53.6 Å². The number of ether oxygens (including phenoxy) is 4. The van der Waals surface area contributed by atoms with Crippen molar-refractivity contribution in [2.24, 2.45) is 0 Å². The molecule has 4 aromatic rings. The molecule has 11 nitrogen and oxygen atoms in total. The third-order valence-electron chi connectivity index (χ3n) is 6.47. The van der Waals surface area contributed by atoms with Gasteiger partial charge in [-0.25, -0.2) is 4.68 Å². The van der Waals surface area contributed by atoms with Crippen molar-refractivity contribution in [1.82, 2.24) is 19.7 Å². The smallest absolute Gasteiger partial charge is 0.255 e. The van der Waals surface area contributed by atoms with Crippen LogP contribution in [0.1, 0.15) is 25.5 Å². The standard InChI is InChI=1S/C29H30N6O5/c1-6-40-20-11-9-18(10-12-20)27-33-29-31-17(2)25(28(36)32-19-8-7-13-30-16-19)26(35(29)34-27)21-14-23(38-4)24(39-5)15-22(21)37-3/h7-16,26H,6H2,1-5H3,(H,32,36)(H,31,33,34). The molecule has 1 aliphatic heterocycles. The van der Waals surface area contributed by atoms with Crippen LogP contribution in [0.2, 0.25) is 0 Å². The molecule has 0 fully saturated rings. The summed E-state index contributed by atoms with van der Waals surface area (Å²) in [5.74, 6) is 2.85. The Labute approximate surface area is 231 Å². The summed E-state index contributed by atoms with van der Waals surface area (Å²) in [4.78, 5) is 22.7. The first kappa shape index (κ1) is 26.5. The number of carbonyl (C=O) groups is 1. The van der Waals surface area contributed by atoms with Gasteiger partial charge in [-0.3, -0.25) is 9.78 Å². The molecule has 0 aliphatic carbocycles. The Kier molecular flexibility index (Phi) is 7.54. The Bertz CT molecular complexity index is 1550. The second-order valence-corrected chi connectivity index (χ2v) is 8.87. The van der Waals surface area contributed by atoms with Gasteiger partial charge in [-0.15, -0.1) is 5.10 Å². The molecule has 1 atom stereocenters. The molecule has 2 aromatic carbocycles. The molecule has 0 radical (unpaired) electrons. The summed E-state index contributed by atoms with van der Waals surface area (Å²) in [6.45, 7) is 4.33. The number of pyridine rings is 1. The van der Waals surface area contributed by atoms with Gasteiger partial charge in [0.1, 0.15) is 17.5 Å². The van der Waals surface area contributed by atoms with Gasteiger partial charge in [-0.05, 0) is 56.3 Å². The zero-order chi connectivity index (χ0) is 28.2. The average Bonchev–Trinajstić information content (AvgIpc) is 3.40. The highest BCUT2D eigenvalue weighted by Gasteiger charge is 2.37. The van der Waals surface area contributed by atoms with Crippen LogP contribution in [0.3, 0.4) is 0 Å². The van der Waals surface area contributed by atoms with Gasteiger partial charge in [-0.2, -0.15) is 4.98 Å². The van der Waals surface area contributed by atoms with E-state index in [4.69, 9.17) is 29.0 Å². The van der Waals surface area contributed by atoms with E-state index in [1.807, 2.05) is 38.1 Å². The molecule has 11 heteroatoms. The number of hydrogen-bond acceptors (Lipinski definition) is 9. The summed E-state index contributed by atoms with van der Waals surface area (Å²) in [5.41, 5.74) is 3.03. The number of rotatable bonds is 9. The highest BCUT2D eigenvalue weighted by atomic mass is 16.5. The van der Waals surface area contributed by atoms with Crippen molar-refractivity contribution in [2.45, 2.75) is 19.9 Å². The summed E-state index contributed by atoms with van der Waals surface area (Å²) in [5, 5.41) is 11.1. The molecule has 1 unspecified atom stereocenters. The summed E-state index contributed by atoms with van der Waals surface area (Å²) in [6.07, 6.45) is 3.23. The van der Waals surface area contributed by atoms with E-state index in [-0.39, 0.29) is 5.91 Å². The van der Waals surface area contributed by atoms with Crippen molar-refractivity contribution in [3.63, 3.8) is 0 Å². The summed E-state index contributed by atoms with van der Waals surface area (Å²) in [6, 6.07) is 13.9. The van der Waals surface area contributed by atoms with Crippen LogP contribution in [0, 0.1) is 0 Å². The Morgan fingerprint density at radius 2 is 1.75 bits per heavy atom. The first-order valence-corrected chi connectivity index (χ1v) is 12.7. The van der Waals surface area contributed by atoms with Crippen LogP contribution >= 0.6 is 0 Å². The topological polar surface area (TPSA) is 122 Å². The number of benzene rings is 2. The van der Waals surface area contributed by atoms with Gasteiger partial charge >= 0.3 is 0 Å². The van der Waals surface area contributed by atoms with E-state index in [0.717, 1.165) is 11.3 Å². The van der Waals surface area contributed by atoms with Crippen LogP contribution in [0.5, 0.6) is 23.0 Å². The predicted molar refractivity (Wildman–Crippen MR) is 150 cm³/mol. The van der Waals surface area contributed by atoms with E-state index in [9.17, 15) is 4.79 Å². The van der Waals surface area contributed by atoms with Gasteiger partial charge in [0.15, 0.2) is 17.3 Å². The van der Waals surface area contributed by atoms with Gasteiger partial charge < -0.3 is 29.6 Å². The first-order valence-electron chi connectivity index (χ1n) is 12.7. The molecular formula is C29H30N6O5. The minimum Gasteiger partial charge on any atom is -0.496 e. The van der Waals surface area contributed by atoms with Crippen molar-refractivity contribution >= 4 is 17.5 Å². The molecule has 0 spiro atoms. The Hall–Kier alpha value is -5.06. The number of amides is 1. The summed E-state index contributed by atoms with van der Waals surface area (Å²) in [7, 11) is 4.67. The maximum atomic E-state index is 13.8. The normalized spacial score (nSPS) is 14.2. The zero-order valence-corrected chi connectivity index (χ0v) is 22.9. The molecule has 0 saturated carbocycles. The average molecular weight is 543 g/mol. The highest BCUT2D eigenvalue weighted by molar-refractivity contribution is 6.06. The van der Waals surface area contributed by atoms with Crippen molar-refractivity contribution in [3.05, 3.63) is 77.8 Å². The first-order chi connectivity index (χ1) is 19.5. The molecule has 2 N–H and O–H groups in total. The second-order valence-electron chi connectivity index (χ2n) is 8.87. The molecular weight excluding hydrogens is 512 g/mol. The molecule has 206 valence electrons. The van der Waals surface area contributed by atoms with E-state index >= 15 is 0 Å². The third-order valence-corrected chi connectivity index (χ3v) is 6.47. The monoisotopic (exact) mass is 542 g/mol. The number of allylic oxidation sites excluding steroid dienone is 1. The van der Waals surface area contributed by atoms with Crippen LogP contribution in [0.4, 0.5) is 11.6 Å². The number of hydrogen-bond donors (Lipinski definition) is 2. The van der Waals surface area contributed by atoms with Crippen molar-refractivity contribution < 1.29 is 23.7 Å². The Balaban J connectivity index is 1.65. The lowest BCUT2D eigenvalue weighted by molar-refractivity contribution is -0.113. The molecule has 2 aromatic heterocycles. The molecule has 5 rings (SSSR count). The number of nitrogens with zero attached hydrogens (tertiary/aromatic N) is 4. The van der Waals surface area contributed by atoms with Gasteiger partial charge in [-0.1, -0.05) is 0 Å². The number of nitrogens with one attached hydrogen (secondary N) is 2. The maximum Gasteiger partial charge on any atom is 0.255 e. The van der Waals surface area contributed by atoms with Gasteiger partial charge in [0.2, 0.25) is 5.95 Å². The number of carbonyl (C=O) groups excluding carboxylic acids is 1. The molecule has 3 heterocycles. The van der Waals surface area contributed by atoms with Crippen LogP contribution in [-0.2, 0) is 4.79 Å². The van der Waals surface area contributed by atoms with E-state index in [1.54, 1.807) is 62.7 Å². The predicted octanol–water partition coefficient (Wildman–Crippen LogP) is 4.69. The lowest BCUT2D eigenvalue weighted by Crippen LogP contribution is -2.31. The van der Waals surface area contributed by atoms with Crippen LogP contribution < -0.4 is 29.6 Å². The number of methoxy groups -OCH3 is 3. The summed E-state index contributed by atoms with van der Waals surface area (Å²) >= 11 is 0. The van der Waals surface area contributed by atoms with Crippen molar-refractivity contribution in [2.75, 3.05) is 38.6 Å². The Morgan fingerprint density at radius 3 is 2.40 bits per heavy atom. The van der Waals surface area contributed by atoms with E-state index in [1.165, 1.54) is 0 Å². The Morgan fingerprint density at radius 1 is 1.02 bits per heavy atom. The largest absolute Gasteiger partial charge is 0.496 e. The lowest BCUT2D eigenvalue weighted by atomic mass is 9.93. The molecule has 0 saturated heterocycles. The number of aromatic nitrogens is 4. The van der Waals surface area contributed by atoms with E-state index in [2.05, 4.69) is 15.6 Å². The fourth-order valence-corrected chi connectivity index (χ4v) is 4.62.